The molecule has 2 fully saturated rings. The molecule has 4 heterocycles. The predicted molar refractivity (Wildman–Crippen MR) is 104 cm³/mol. The van der Waals surface area contributed by atoms with Crippen molar-refractivity contribution in [3.63, 3.8) is 0 Å². The highest BCUT2D eigenvalue weighted by Crippen LogP contribution is 2.48. The first-order chi connectivity index (χ1) is 14.5. The summed E-state index contributed by atoms with van der Waals surface area (Å²) in [6.45, 7) is 6.56. The first kappa shape index (κ1) is 21.4. The molecule has 0 aromatic carbocycles. The Morgan fingerprint density at radius 3 is 2.39 bits per heavy atom. The van der Waals surface area contributed by atoms with Gasteiger partial charge in [-0.2, -0.15) is 0 Å². The van der Waals surface area contributed by atoms with Crippen molar-refractivity contribution in [1.82, 2.24) is 19.5 Å². The van der Waals surface area contributed by atoms with E-state index in [0.717, 1.165) is 0 Å². The smallest absolute Gasteiger partial charge is 0.332 e. The van der Waals surface area contributed by atoms with E-state index in [9.17, 15) is 19.8 Å². The average Bonchev–Trinajstić information content (AvgIpc) is 3.08. The zero-order valence-corrected chi connectivity index (χ0v) is 17.6. The number of carbonyl (C=O) groups excluding carboxylic acids is 2. The van der Waals surface area contributed by atoms with Crippen molar-refractivity contribution in [2.75, 3.05) is 5.73 Å². The second kappa shape index (κ2) is 7.11. The van der Waals surface area contributed by atoms with Gasteiger partial charge in [0, 0.05) is 13.8 Å². The summed E-state index contributed by atoms with van der Waals surface area (Å²) in [5.41, 5.74) is 3.92. The Hall–Kier alpha value is -2.83. The van der Waals surface area contributed by atoms with Crippen molar-refractivity contribution in [3.8, 4) is 0 Å². The van der Waals surface area contributed by atoms with Gasteiger partial charge >= 0.3 is 11.9 Å². The molecular weight excluding hydrogens is 410 g/mol. The minimum Gasteiger partial charge on any atom is -0.422 e. The molecule has 1 spiro atoms. The van der Waals surface area contributed by atoms with Crippen LogP contribution in [0.1, 0.15) is 40.3 Å². The Kier molecular flexibility index (Phi) is 4.91. The number of nitrogens with zero attached hydrogens (tertiary/aromatic N) is 4. The Bertz CT molecular complexity index is 1020. The van der Waals surface area contributed by atoms with Crippen LogP contribution in [0.3, 0.4) is 0 Å². The van der Waals surface area contributed by atoms with Crippen LogP contribution in [-0.2, 0) is 23.8 Å². The largest absolute Gasteiger partial charge is 0.422 e. The summed E-state index contributed by atoms with van der Waals surface area (Å²) in [5, 5.41) is 22.4. The minimum absolute atomic E-state index is 0.0390. The van der Waals surface area contributed by atoms with E-state index in [1.54, 1.807) is 0 Å². The molecule has 31 heavy (non-hydrogen) atoms. The fourth-order valence-electron chi connectivity index (χ4n) is 4.15. The molecule has 2 aromatic rings. The fraction of sp³-hybridized carbons (Fsp3) is 0.632. The number of ether oxygens (including phenoxy) is 3. The molecule has 4 rings (SSSR count). The minimum atomic E-state index is -2.41. The maximum Gasteiger partial charge on any atom is 0.332 e. The third-order valence-electron chi connectivity index (χ3n) is 5.59. The van der Waals surface area contributed by atoms with E-state index in [0.29, 0.717) is 6.42 Å². The summed E-state index contributed by atoms with van der Waals surface area (Å²) < 4.78 is 17.9. The van der Waals surface area contributed by atoms with Gasteiger partial charge in [-0.3, -0.25) is 14.2 Å². The Balaban J connectivity index is 1.86. The molecule has 2 aliphatic rings. The van der Waals surface area contributed by atoms with Crippen LogP contribution in [0.25, 0.3) is 11.2 Å². The lowest BCUT2D eigenvalue weighted by Crippen LogP contribution is -2.71. The van der Waals surface area contributed by atoms with Crippen LogP contribution in [-0.4, -0.2) is 65.8 Å². The van der Waals surface area contributed by atoms with Gasteiger partial charge in [-0.1, -0.05) is 13.8 Å². The number of nitrogens with two attached hydrogens (primary N) is 1. The van der Waals surface area contributed by atoms with Crippen molar-refractivity contribution in [1.29, 1.82) is 0 Å². The van der Waals surface area contributed by atoms with Crippen LogP contribution < -0.4 is 5.73 Å². The molecule has 12 nitrogen and oxygen atoms in total. The molecule has 2 aliphatic heterocycles. The number of aromatic nitrogens is 4. The van der Waals surface area contributed by atoms with Crippen molar-refractivity contribution < 1.29 is 34.0 Å². The van der Waals surface area contributed by atoms with Crippen molar-refractivity contribution in [2.24, 2.45) is 11.3 Å². The second-order valence-corrected chi connectivity index (χ2v) is 8.72. The number of fused-ring (bicyclic) bond motifs is 1. The van der Waals surface area contributed by atoms with Crippen LogP contribution in [0.4, 0.5) is 5.82 Å². The molecule has 0 amide bonds. The number of aliphatic hydroxyl groups excluding tert-OH is 2. The summed E-state index contributed by atoms with van der Waals surface area (Å²) >= 11 is 0. The number of cyclic esters (lactones) is 2. The van der Waals surface area contributed by atoms with Crippen LogP contribution >= 0.6 is 0 Å². The average molecular weight is 435 g/mol. The third kappa shape index (κ3) is 3.13. The number of carbonyl (C=O) groups is 2. The van der Waals surface area contributed by atoms with E-state index in [2.05, 4.69) is 15.0 Å². The Morgan fingerprint density at radius 1 is 1.13 bits per heavy atom. The van der Waals surface area contributed by atoms with Crippen molar-refractivity contribution in [3.05, 3.63) is 12.7 Å². The van der Waals surface area contributed by atoms with E-state index in [1.807, 2.05) is 13.8 Å². The zero-order valence-electron chi connectivity index (χ0n) is 17.6. The number of nitrogen functional groups attached to an aromatic ring is 1. The van der Waals surface area contributed by atoms with E-state index in [-0.39, 0.29) is 22.9 Å². The molecule has 2 aromatic heterocycles. The quantitative estimate of drug-likeness (QED) is 0.434. The van der Waals surface area contributed by atoms with Gasteiger partial charge in [0.05, 0.1) is 12.4 Å². The molecule has 0 saturated carbocycles. The van der Waals surface area contributed by atoms with Crippen LogP contribution in [0.2, 0.25) is 0 Å². The van der Waals surface area contributed by atoms with Crippen molar-refractivity contribution >= 4 is 28.9 Å². The van der Waals surface area contributed by atoms with Gasteiger partial charge in [0.25, 0.3) is 5.79 Å². The first-order valence-electron chi connectivity index (χ1n) is 9.90. The molecule has 4 N–H and O–H groups in total. The normalized spacial score (nSPS) is 29.9. The first-order valence-corrected chi connectivity index (χ1v) is 9.90. The van der Waals surface area contributed by atoms with Gasteiger partial charge in [-0.05, 0) is 12.3 Å². The van der Waals surface area contributed by atoms with Gasteiger partial charge in [0.1, 0.15) is 24.1 Å². The van der Waals surface area contributed by atoms with E-state index in [1.165, 1.54) is 31.1 Å². The van der Waals surface area contributed by atoms with Crippen LogP contribution in [0.5, 0.6) is 0 Å². The molecule has 0 aliphatic carbocycles. The van der Waals surface area contributed by atoms with Gasteiger partial charge < -0.3 is 30.2 Å². The third-order valence-corrected chi connectivity index (χ3v) is 5.59. The highest BCUT2D eigenvalue weighted by atomic mass is 16.7. The van der Waals surface area contributed by atoms with Gasteiger partial charge in [0.15, 0.2) is 17.7 Å². The van der Waals surface area contributed by atoms with Gasteiger partial charge in [-0.25, -0.2) is 15.0 Å². The highest BCUT2D eigenvalue weighted by molar-refractivity contribution is 6.03. The van der Waals surface area contributed by atoms with Crippen LogP contribution in [0, 0.1) is 11.3 Å². The molecule has 0 radical (unpaired) electrons. The Morgan fingerprint density at radius 2 is 1.77 bits per heavy atom. The SMILES string of the molecule is CC(C)C[C@H]1OC(n2cnc3c(N)ncnc32)C(O)C2(C(=O)OC(C)(C)OC2=O)C1O. The molecule has 0 bridgehead atoms. The molecule has 12 heteroatoms. The molecule has 4 atom stereocenters. The lowest BCUT2D eigenvalue weighted by Gasteiger charge is -2.51. The maximum absolute atomic E-state index is 13.1. The zero-order chi connectivity index (χ0) is 22.7. The summed E-state index contributed by atoms with van der Waals surface area (Å²) in [7, 11) is 0. The maximum atomic E-state index is 13.1. The standard InChI is InChI=1S/C19H25N5O7/c1-8(2)5-9-11(25)19(16(27)30-18(3,4)31-17(19)28)12(26)15(29-9)24-7-23-10-13(20)21-6-22-14(10)24/h6-9,11-12,15,25-26H,5H2,1-4H3,(H2,20,21,22)/t9-,11?,12?,15?/m1/s1. The van der Waals surface area contributed by atoms with E-state index in [4.69, 9.17) is 19.9 Å². The number of anilines is 1. The van der Waals surface area contributed by atoms with E-state index >= 15 is 0 Å². The van der Waals surface area contributed by atoms with Crippen molar-refractivity contribution in [2.45, 2.75) is 64.4 Å². The summed E-state index contributed by atoms with van der Waals surface area (Å²) in [6, 6.07) is 0. The highest BCUT2D eigenvalue weighted by Gasteiger charge is 2.71. The lowest BCUT2D eigenvalue weighted by molar-refractivity contribution is -0.305. The van der Waals surface area contributed by atoms with E-state index < -0.39 is 47.7 Å². The lowest BCUT2D eigenvalue weighted by atomic mass is 9.70. The second-order valence-electron chi connectivity index (χ2n) is 8.72. The number of hydrogen-bond donors (Lipinski definition) is 3. The molecular formula is C19H25N5O7. The predicted octanol–water partition coefficient (Wildman–Crippen LogP) is -0.104. The number of rotatable bonds is 3. The molecule has 2 saturated heterocycles. The number of esters is 2. The molecule has 3 unspecified atom stereocenters. The number of hydrogen-bond acceptors (Lipinski definition) is 11. The van der Waals surface area contributed by atoms with Gasteiger partial charge in [-0.15, -0.1) is 0 Å². The summed E-state index contributed by atoms with van der Waals surface area (Å²) in [6.07, 6.45) is -3.06. The summed E-state index contributed by atoms with van der Waals surface area (Å²) in [4.78, 5) is 38.4. The van der Waals surface area contributed by atoms with Gasteiger partial charge in [0.2, 0.25) is 5.41 Å². The molecule has 168 valence electrons. The Labute approximate surface area is 177 Å². The summed E-state index contributed by atoms with van der Waals surface area (Å²) in [5.74, 6) is -3.56. The number of aliphatic hydroxyl groups is 2. The number of imidazole rings is 1. The monoisotopic (exact) mass is 435 g/mol. The topological polar surface area (TPSA) is 172 Å². The van der Waals surface area contributed by atoms with Crippen LogP contribution in [0.15, 0.2) is 12.7 Å². The fourth-order valence-corrected chi connectivity index (χ4v) is 4.15.